The van der Waals surface area contributed by atoms with Crippen LogP contribution in [-0.4, -0.2) is 26.1 Å². The molecule has 1 heterocycles. The van der Waals surface area contributed by atoms with Crippen LogP contribution in [0.2, 0.25) is 0 Å². The van der Waals surface area contributed by atoms with Gasteiger partial charge in [0.15, 0.2) is 23.9 Å². The lowest BCUT2D eigenvalue weighted by Gasteiger charge is -2.21. The standard InChI is InChI=1S/C21H19NO4/c1-13-8-14(2)20-19(9-13)26-12-16(21(20)23)10-15-4-5-17(25-7-6-22)18(11-15)24-3/h4-5,8-11H,7,12H2,1-3H3/b16-10+. The van der Waals surface area contributed by atoms with Gasteiger partial charge in [-0.3, -0.25) is 4.79 Å². The molecule has 0 radical (unpaired) electrons. The van der Waals surface area contributed by atoms with E-state index >= 15 is 0 Å². The molecule has 0 fully saturated rings. The predicted octanol–water partition coefficient (Wildman–Crippen LogP) is 3.87. The molecule has 0 aromatic heterocycles. The van der Waals surface area contributed by atoms with Gasteiger partial charge in [-0.1, -0.05) is 12.1 Å². The second kappa shape index (κ2) is 7.32. The Bertz CT molecular complexity index is 938. The zero-order valence-electron chi connectivity index (χ0n) is 15.0. The maximum atomic E-state index is 12.9. The van der Waals surface area contributed by atoms with E-state index in [4.69, 9.17) is 19.5 Å². The average molecular weight is 349 g/mol. The lowest BCUT2D eigenvalue weighted by atomic mass is 9.93. The zero-order chi connectivity index (χ0) is 18.7. The molecule has 0 saturated heterocycles. The number of fused-ring (bicyclic) bond motifs is 1. The third-order valence-corrected chi connectivity index (χ3v) is 4.17. The van der Waals surface area contributed by atoms with Crippen LogP contribution in [-0.2, 0) is 0 Å². The van der Waals surface area contributed by atoms with Gasteiger partial charge in [-0.2, -0.15) is 5.26 Å². The van der Waals surface area contributed by atoms with Crippen molar-refractivity contribution in [1.29, 1.82) is 5.26 Å². The SMILES string of the molecule is COc1cc(/C=C2\COc3cc(C)cc(C)c3C2=O)ccc1OCC#N. The lowest BCUT2D eigenvalue weighted by Crippen LogP contribution is -2.20. The van der Waals surface area contributed by atoms with E-state index in [-0.39, 0.29) is 19.0 Å². The second-order valence-electron chi connectivity index (χ2n) is 6.10. The van der Waals surface area contributed by atoms with Crippen LogP contribution in [0, 0.1) is 25.2 Å². The first-order chi connectivity index (χ1) is 12.5. The molecule has 2 aromatic carbocycles. The summed E-state index contributed by atoms with van der Waals surface area (Å²) >= 11 is 0. The highest BCUT2D eigenvalue weighted by Crippen LogP contribution is 2.33. The van der Waals surface area contributed by atoms with Gasteiger partial charge in [-0.15, -0.1) is 0 Å². The van der Waals surface area contributed by atoms with E-state index in [0.717, 1.165) is 16.7 Å². The minimum absolute atomic E-state index is 0.0208. The van der Waals surface area contributed by atoms with E-state index in [1.807, 2.05) is 38.1 Å². The molecular formula is C21H19NO4. The van der Waals surface area contributed by atoms with E-state index in [9.17, 15) is 4.79 Å². The molecule has 5 heteroatoms. The molecule has 0 bridgehead atoms. The highest BCUT2D eigenvalue weighted by molar-refractivity contribution is 6.14. The molecule has 3 rings (SSSR count). The Morgan fingerprint density at radius 1 is 1.23 bits per heavy atom. The van der Waals surface area contributed by atoms with Crippen LogP contribution in [0.1, 0.15) is 27.0 Å². The summed E-state index contributed by atoms with van der Waals surface area (Å²) in [5, 5.41) is 8.63. The normalized spacial score (nSPS) is 14.4. The smallest absolute Gasteiger partial charge is 0.196 e. The summed E-state index contributed by atoms with van der Waals surface area (Å²) in [6, 6.07) is 11.1. The van der Waals surface area contributed by atoms with Crippen molar-refractivity contribution in [2.24, 2.45) is 0 Å². The van der Waals surface area contributed by atoms with Crippen molar-refractivity contribution in [2.45, 2.75) is 13.8 Å². The highest BCUT2D eigenvalue weighted by Gasteiger charge is 2.25. The molecular weight excluding hydrogens is 330 g/mol. The molecule has 2 aromatic rings. The van der Waals surface area contributed by atoms with E-state index in [1.54, 1.807) is 18.2 Å². The van der Waals surface area contributed by atoms with Gasteiger partial charge in [0, 0.05) is 5.57 Å². The monoisotopic (exact) mass is 349 g/mol. The van der Waals surface area contributed by atoms with Crippen molar-refractivity contribution in [3.63, 3.8) is 0 Å². The van der Waals surface area contributed by atoms with Crippen LogP contribution < -0.4 is 14.2 Å². The molecule has 0 spiro atoms. The van der Waals surface area contributed by atoms with Gasteiger partial charge < -0.3 is 14.2 Å². The van der Waals surface area contributed by atoms with E-state index in [1.165, 1.54) is 7.11 Å². The number of carbonyl (C=O) groups excluding carboxylic acids is 1. The lowest BCUT2D eigenvalue weighted by molar-refractivity contribution is 0.1000. The fourth-order valence-corrected chi connectivity index (χ4v) is 3.03. The zero-order valence-corrected chi connectivity index (χ0v) is 15.0. The molecule has 1 aliphatic rings. The van der Waals surface area contributed by atoms with Crippen LogP contribution in [0.5, 0.6) is 17.2 Å². The largest absolute Gasteiger partial charge is 0.493 e. The predicted molar refractivity (Wildman–Crippen MR) is 97.8 cm³/mol. The number of ketones is 1. The van der Waals surface area contributed by atoms with Gasteiger partial charge in [-0.25, -0.2) is 0 Å². The molecule has 5 nitrogen and oxygen atoms in total. The number of Topliss-reactive ketones (excluding diaryl/α,β-unsaturated/α-hetero) is 1. The van der Waals surface area contributed by atoms with Crippen LogP contribution in [0.25, 0.3) is 6.08 Å². The summed E-state index contributed by atoms with van der Waals surface area (Å²) in [4.78, 5) is 12.9. The summed E-state index contributed by atoms with van der Waals surface area (Å²) in [6.07, 6.45) is 1.79. The van der Waals surface area contributed by atoms with Gasteiger partial charge in [0.1, 0.15) is 18.4 Å². The fourth-order valence-electron chi connectivity index (χ4n) is 3.03. The molecule has 0 amide bonds. The van der Waals surface area contributed by atoms with Crippen LogP contribution in [0.4, 0.5) is 0 Å². The number of rotatable bonds is 4. The third-order valence-electron chi connectivity index (χ3n) is 4.17. The Morgan fingerprint density at radius 3 is 2.77 bits per heavy atom. The highest BCUT2D eigenvalue weighted by atomic mass is 16.5. The number of ether oxygens (including phenoxy) is 3. The third kappa shape index (κ3) is 3.40. The van der Waals surface area contributed by atoms with Gasteiger partial charge in [0.25, 0.3) is 0 Å². The number of hydrogen-bond donors (Lipinski definition) is 0. The minimum Gasteiger partial charge on any atom is -0.493 e. The molecule has 0 unspecified atom stereocenters. The molecule has 26 heavy (non-hydrogen) atoms. The average Bonchev–Trinajstić information content (AvgIpc) is 2.62. The Labute approximate surface area is 152 Å². The fraction of sp³-hybridized carbons (Fsp3) is 0.238. The van der Waals surface area contributed by atoms with Crippen molar-refractivity contribution in [3.05, 3.63) is 58.2 Å². The Balaban J connectivity index is 1.93. The Hall–Kier alpha value is -3.26. The van der Waals surface area contributed by atoms with E-state index in [2.05, 4.69) is 0 Å². The van der Waals surface area contributed by atoms with Gasteiger partial charge in [0.2, 0.25) is 0 Å². The number of aryl methyl sites for hydroxylation is 2. The summed E-state index contributed by atoms with van der Waals surface area (Å²) in [5.74, 6) is 1.61. The van der Waals surface area contributed by atoms with Gasteiger partial charge >= 0.3 is 0 Å². The topological polar surface area (TPSA) is 68.6 Å². The van der Waals surface area contributed by atoms with Crippen LogP contribution >= 0.6 is 0 Å². The number of nitriles is 1. The number of methoxy groups -OCH3 is 1. The first-order valence-corrected chi connectivity index (χ1v) is 8.20. The molecule has 0 saturated carbocycles. The van der Waals surface area contributed by atoms with Crippen LogP contribution in [0.15, 0.2) is 35.9 Å². The number of carbonyl (C=O) groups is 1. The van der Waals surface area contributed by atoms with E-state index < -0.39 is 0 Å². The Kier molecular flexibility index (Phi) is 4.94. The summed E-state index contributed by atoms with van der Waals surface area (Å²) in [7, 11) is 1.53. The van der Waals surface area contributed by atoms with Crippen molar-refractivity contribution >= 4 is 11.9 Å². The molecule has 0 atom stereocenters. The second-order valence-corrected chi connectivity index (χ2v) is 6.10. The van der Waals surface area contributed by atoms with Crippen molar-refractivity contribution in [2.75, 3.05) is 20.3 Å². The van der Waals surface area contributed by atoms with Crippen LogP contribution in [0.3, 0.4) is 0 Å². The number of hydrogen-bond acceptors (Lipinski definition) is 5. The van der Waals surface area contributed by atoms with Gasteiger partial charge in [0.05, 0.1) is 12.7 Å². The maximum Gasteiger partial charge on any atom is 0.196 e. The maximum absolute atomic E-state index is 12.9. The molecule has 0 aliphatic carbocycles. The quantitative estimate of drug-likeness (QED) is 0.784. The summed E-state index contributed by atoms with van der Waals surface area (Å²) in [6.45, 7) is 4.07. The van der Waals surface area contributed by atoms with Crippen molar-refractivity contribution in [3.8, 4) is 23.3 Å². The van der Waals surface area contributed by atoms with Crippen molar-refractivity contribution in [1.82, 2.24) is 0 Å². The minimum atomic E-state index is -0.0569. The molecule has 132 valence electrons. The summed E-state index contributed by atoms with van der Waals surface area (Å²) in [5.41, 5.74) is 3.98. The number of benzene rings is 2. The molecule has 0 N–H and O–H groups in total. The summed E-state index contributed by atoms with van der Waals surface area (Å²) < 4.78 is 16.4. The van der Waals surface area contributed by atoms with Crippen molar-refractivity contribution < 1.29 is 19.0 Å². The van der Waals surface area contributed by atoms with Gasteiger partial charge in [-0.05, 0) is 54.8 Å². The first kappa shape index (κ1) is 17.6. The molecule has 1 aliphatic heterocycles. The van der Waals surface area contributed by atoms with E-state index in [0.29, 0.717) is 28.4 Å². The number of nitrogens with zero attached hydrogens (tertiary/aromatic N) is 1. The first-order valence-electron chi connectivity index (χ1n) is 8.20. The Morgan fingerprint density at radius 2 is 2.04 bits per heavy atom.